The Kier molecular flexibility index (Phi) is 3.06. The van der Waals surface area contributed by atoms with Crippen LogP contribution in [0, 0.1) is 26.1 Å². The van der Waals surface area contributed by atoms with Gasteiger partial charge in [0.05, 0.1) is 0 Å². The fourth-order valence-corrected chi connectivity index (χ4v) is 0. The van der Waals surface area contributed by atoms with E-state index in [1.54, 1.807) is 13.8 Å². The number of rotatable bonds is 1. The SMILES string of the molecule is C[CH](C)[U+2](=[O])=[O]. The molecule has 6 heavy (non-hydrogen) atoms. The van der Waals surface area contributed by atoms with Gasteiger partial charge in [0, 0.05) is 0 Å². The summed E-state index contributed by atoms with van der Waals surface area (Å²) >= 11 is -3.41. The van der Waals surface area contributed by atoms with Crippen molar-refractivity contribution in [2.45, 2.75) is 16.8 Å². The second kappa shape index (κ2) is 2.76. The molecule has 0 rings (SSSR count). The van der Waals surface area contributed by atoms with Gasteiger partial charge in [0.15, 0.2) is 0 Å². The predicted molar refractivity (Wildman–Crippen MR) is 16.5 cm³/mol. The van der Waals surface area contributed by atoms with E-state index in [1.807, 2.05) is 0 Å². The molecule has 0 radical (unpaired) electrons. The first-order chi connectivity index (χ1) is 2.64. The third-order valence-electron chi connectivity index (χ3n) is 0.471. The van der Waals surface area contributed by atoms with E-state index < -0.39 is 26.1 Å². The van der Waals surface area contributed by atoms with Crippen molar-refractivity contribution < 1.29 is 30.6 Å². The molecule has 0 fully saturated rings. The van der Waals surface area contributed by atoms with Gasteiger partial charge in [0.2, 0.25) is 0 Å². The third kappa shape index (κ3) is 2.87. The first-order valence-corrected chi connectivity index (χ1v) is 7.66. The fraction of sp³-hybridized carbons (Fsp3) is 1.00. The van der Waals surface area contributed by atoms with Crippen LogP contribution in [0.15, 0.2) is 0 Å². The number of hydrogen-bond donors (Lipinski definition) is 0. The Morgan fingerprint density at radius 3 is 1.50 bits per heavy atom. The van der Waals surface area contributed by atoms with E-state index in [9.17, 15) is 4.47 Å². The summed E-state index contributed by atoms with van der Waals surface area (Å²) in [5.41, 5.74) is 0. The van der Waals surface area contributed by atoms with Gasteiger partial charge in [-0.3, -0.25) is 0 Å². The Morgan fingerprint density at radius 1 is 1.33 bits per heavy atom. The summed E-state index contributed by atoms with van der Waals surface area (Å²) in [4.78, 5) is 0. The van der Waals surface area contributed by atoms with Gasteiger partial charge in [-0.15, -0.1) is 0 Å². The topological polar surface area (TPSA) is 34.1 Å². The van der Waals surface area contributed by atoms with Gasteiger partial charge in [0.1, 0.15) is 0 Å². The average molecular weight is 313 g/mol. The van der Waals surface area contributed by atoms with Crippen LogP contribution >= 0.6 is 0 Å². The van der Waals surface area contributed by atoms with Crippen LogP contribution in [-0.2, 0) is 4.47 Å². The summed E-state index contributed by atoms with van der Waals surface area (Å²) in [5.74, 6) is 0. The van der Waals surface area contributed by atoms with Gasteiger partial charge in [0.25, 0.3) is 0 Å². The molecule has 0 bridgehead atoms. The first kappa shape index (κ1) is 6.65. The van der Waals surface area contributed by atoms with Crippen LogP contribution in [0.5, 0.6) is 0 Å². The summed E-state index contributed by atoms with van der Waals surface area (Å²) in [6, 6.07) is 0. The van der Waals surface area contributed by atoms with Gasteiger partial charge in [-0.2, -0.15) is 0 Å². The molecular formula is C3H7O2U+2. The van der Waals surface area contributed by atoms with Gasteiger partial charge < -0.3 is 0 Å². The molecule has 0 unspecified atom stereocenters. The molecule has 0 aliphatic carbocycles. The second-order valence-electron chi connectivity index (χ2n) is 1.47. The standard InChI is InChI=1S/C3H7.2O.U/c1-3-2;;;/h3H,1-2H3;;;/q;;;+2. The van der Waals surface area contributed by atoms with Gasteiger partial charge in [-0.1, -0.05) is 0 Å². The molecular weight excluding hydrogens is 306 g/mol. The molecule has 0 aliphatic rings. The van der Waals surface area contributed by atoms with Crippen LogP contribution < -0.4 is 0 Å². The van der Waals surface area contributed by atoms with E-state index in [4.69, 9.17) is 0 Å². The maximum atomic E-state index is 9.89. The van der Waals surface area contributed by atoms with Gasteiger partial charge >= 0.3 is 47.4 Å². The molecule has 0 aromatic rings. The first-order valence-electron chi connectivity index (χ1n) is 1.85. The van der Waals surface area contributed by atoms with Crippen LogP contribution in [0.25, 0.3) is 0 Å². The van der Waals surface area contributed by atoms with Crippen molar-refractivity contribution in [3.05, 3.63) is 0 Å². The minimum absolute atomic E-state index is 0.0365. The monoisotopic (exact) mass is 313 g/mol. The molecule has 0 spiro atoms. The minimum atomic E-state index is -3.41. The van der Waals surface area contributed by atoms with E-state index in [1.165, 1.54) is 0 Å². The molecule has 0 atom stereocenters. The van der Waals surface area contributed by atoms with Crippen LogP contribution in [0.4, 0.5) is 0 Å². The van der Waals surface area contributed by atoms with Crippen LogP contribution in [0.1, 0.15) is 13.8 Å². The number of hydrogen-bond acceptors (Lipinski definition) is 2. The van der Waals surface area contributed by atoms with E-state index >= 15 is 0 Å². The molecule has 0 aromatic heterocycles. The fourth-order valence-electron chi connectivity index (χ4n) is 0. The van der Waals surface area contributed by atoms with Crippen molar-refractivity contribution in [2.75, 3.05) is 0 Å². The molecule has 0 aromatic carbocycles. The van der Waals surface area contributed by atoms with Crippen LogP contribution in [0.2, 0.25) is 2.95 Å². The summed E-state index contributed by atoms with van der Waals surface area (Å²) in [6.07, 6.45) is 0. The van der Waals surface area contributed by atoms with Crippen molar-refractivity contribution in [3.8, 4) is 0 Å². The molecule has 3 heteroatoms. The van der Waals surface area contributed by atoms with Crippen molar-refractivity contribution in [1.29, 1.82) is 0 Å². The van der Waals surface area contributed by atoms with Crippen molar-refractivity contribution in [3.63, 3.8) is 0 Å². The Morgan fingerprint density at radius 2 is 1.50 bits per heavy atom. The predicted octanol–water partition coefficient (Wildman–Crippen LogP) is 1.13. The summed E-state index contributed by atoms with van der Waals surface area (Å²) in [5, 5.41) is 0. The third-order valence-corrected chi connectivity index (χ3v) is 4.40. The zero-order chi connectivity index (χ0) is 5.15. The van der Waals surface area contributed by atoms with E-state index in [0.717, 1.165) is 0 Å². The Balaban J connectivity index is 3.57. The Hall–Kier alpha value is 0.652. The molecule has 0 heterocycles. The summed E-state index contributed by atoms with van der Waals surface area (Å²) < 4.78 is 19.8. The van der Waals surface area contributed by atoms with Crippen molar-refractivity contribution in [1.82, 2.24) is 0 Å². The zero-order valence-electron chi connectivity index (χ0n) is 3.89. The Labute approximate surface area is 47.4 Å². The van der Waals surface area contributed by atoms with E-state index in [-0.39, 0.29) is 2.95 Å². The van der Waals surface area contributed by atoms with E-state index in [0.29, 0.717) is 0 Å². The van der Waals surface area contributed by atoms with E-state index in [2.05, 4.69) is 0 Å². The molecule has 0 N–H and O–H groups in total. The summed E-state index contributed by atoms with van der Waals surface area (Å²) in [6.45, 7) is 3.43. The maximum absolute atomic E-state index is 9.89. The Bertz CT molecular complexity index is 85.0. The molecule has 2 nitrogen and oxygen atoms in total. The quantitative estimate of drug-likeness (QED) is 0.727. The van der Waals surface area contributed by atoms with Crippen LogP contribution in [-0.4, -0.2) is 0 Å². The van der Waals surface area contributed by atoms with Crippen molar-refractivity contribution >= 4 is 0 Å². The zero-order valence-corrected chi connectivity index (χ0v) is 8.06. The summed E-state index contributed by atoms with van der Waals surface area (Å²) in [7, 11) is 0. The average Bonchev–Trinajstić information content (AvgIpc) is 1.36. The van der Waals surface area contributed by atoms with Crippen LogP contribution in [0.3, 0.4) is 0 Å². The van der Waals surface area contributed by atoms with Gasteiger partial charge in [-0.05, 0) is 0 Å². The molecule has 0 aliphatic heterocycles. The molecule has 0 saturated heterocycles. The molecule has 0 saturated carbocycles. The molecule has 0 amide bonds. The van der Waals surface area contributed by atoms with Crippen molar-refractivity contribution in [2.24, 2.45) is 0 Å². The molecule has 33 valence electrons. The normalized spacial score (nSPS) is 9.17. The second-order valence-corrected chi connectivity index (χ2v) is 8.94. The van der Waals surface area contributed by atoms with Gasteiger partial charge in [-0.25, -0.2) is 0 Å².